The Balaban J connectivity index is 2.36. The topological polar surface area (TPSA) is 73.1 Å². The summed E-state index contributed by atoms with van der Waals surface area (Å²) >= 11 is 0. The molecular weight excluding hydrogens is 264 g/mol. The van der Waals surface area contributed by atoms with Gasteiger partial charge < -0.3 is 4.42 Å². The maximum atomic E-state index is 11.3. The second-order valence-electron chi connectivity index (χ2n) is 5.47. The van der Waals surface area contributed by atoms with E-state index in [1.54, 1.807) is 0 Å². The average molecular weight is 280 g/mol. The lowest BCUT2D eigenvalue weighted by Gasteiger charge is -2.18. The molecule has 0 aliphatic rings. The average Bonchev–Trinajstić information content (AvgIpc) is 2.77. The predicted octanol–water partition coefficient (Wildman–Crippen LogP) is 2.44. The molecule has 0 atom stereocenters. The zero-order chi connectivity index (χ0) is 14.3. The lowest BCUT2D eigenvalue weighted by atomic mass is 9.87. The molecule has 0 saturated carbocycles. The minimum absolute atomic E-state index is 0.0608. The second kappa shape index (κ2) is 4.45. The summed E-state index contributed by atoms with van der Waals surface area (Å²) in [6.07, 6.45) is 1.03. The van der Waals surface area contributed by atoms with Crippen LogP contribution in [0.2, 0.25) is 0 Å². The first-order valence-corrected chi connectivity index (χ1v) is 7.71. The Morgan fingerprint density at radius 1 is 1.05 bits per heavy atom. The number of nitrogens with zero attached hydrogens (tertiary/aromatic N) is 2. The Bertz CT molecular complexity index is 679. The van der Waals surface area contributed by atoms with Crippen molar-refractivity contribution < 1.29 is 12.8 Å². The van der Waals surface area contributed by atoms with Gasteiger partial charge in [0.1, 0.15) is 0 Å². The Hall–Kier alpha value is -1.69. The summed E-state index contributed by atoms with van der Waals surface area (Å²) in [5.41, 5.74) is 1.94. The third kappa shape index (κ3) is 3.01. The maximum absolute atomic E-state index is 11.3. The number of aromatic nitrogens is 2. The molecule has 0 aliphatic carbocycles. The zero-order valence-corrected chi connectivity index (χ0v) is 12.2. The van der Waals surface area contributed by atoms with Gasteiger partial charge in [-0.05, 0) is 23.1 Å². The molecule has 0 N–H and O–H groups in total. The molecule has 2 rings (SSSR count). The first-order chi connectivity index (χ1) is 8.68. The largest absolute Gasteiger partial charge is 0.408 e. The number of hydrogen-bond donors (Lipinski definition) is 0. The molecule has 0 spiro atoms. The van der Waals surface area contributed by atoms with Crippen molar-refractivity contribution >= 4 is 9.84 Å². The molecule has 0 fully saturated rings. The van der Waals surface area contributed by atoms with Crippen LogP contribution in [0.15, 0.2) is 33.9 Å². The monoisotopic (exact) mass is 280 g/mol. The van der Waals surface area contributed by atoms with Crippen molar-refractivity contribution in [3.8, 4) is 11.5 Å². The summed E-state index contributed by atoms with van der Waals surface area (Å²) in [4.78, 5) is 0. The van der Waals surface area contributed by atoms with Crippen LogP contribution >= 0.6 is 0 Å². The van der Waals surface area contributed by atoms with Gasteiger partial charge in [0, 0.05) is 11.8 Å². The Labute approximate surface area is 112 Å². The molecule has 102 valence electrons. The van der Waals surface area contributed by atoms with Gasteiger partial charge >= 0.3 is 5.22 Å². The molecule has 5 nitrogen and oxygen atoms in total. The molecule has 6 heteroatoms. The first-order valence-electron chi connectivity index (χ1n) is 5.82. The molecule has 1 heterocycles. The molecule has 0 saturated heterocycles. The van der Waals surface area contributed by atoms with Gasteiger partial charge in [0.25, 0.3) is 0 Å². The van der Waals surface area contributed by atoms with Crippen LogP contribution in [0, 0.1) is 0 Å². The molecule has 2 aromatic rings. The van der Waals surface area contributed by atoms with Crippen LogP contribution in [0.25, 0.3) is 11.5 Å². The highest BCUT2D eigenvalue weighted by Crippen LogP contribution is 2.26. The van der Waals surface area contributed by atoms with Crippen LogP contribution in [0.3, 0.4) is 0 Å². The summed E-state index contributed by atoms with van der Waals surface area (Å²) in [7, 11) is -3.46. The highest BCUT2D eigenvalue weighted by atomic mass is 32.2. The highest BCUT2D eigenvalue weighted by molar-refractivity contribution is 7.90. The van der Waals surface area contributed by atoms with Crippen LogP contribution in [0.1, 0.15) is 26.3 Å². The molecule has 0 unspecified atom stereocenters. The van der Waals surface area contributed by atoms with Crippen LogP contribution < -0.4 is 0 Å². The summed E-state index contributed by atoms with van der Waals surface area (Å²) in [6, 6.07) is 7.64. The van der Waals surface area contributed by atoms with Gasteiger partial charge in [-0.3, -0.25) is 0 Å². The van der Waals surface area contributed by atoms with Gasteiger partial charge in [-0.15, -0.1) is 5.10 Å². The number of hydrogen-bond acceptors (Lipinski definition) is 5. The minimum Gasteiger partial charge on any atom is -0.408 e. The van der Waals surface area contributed by atoms with Crippen molar-refractivity contribution in [2.75, 3.05) is 6.26 Å². The Kier molecular flexibility index (Phi) is 3.22. The highest BCUT2D eigenvalue weighted by Gasteiger charge is 2.18. The fourth-order valence-electron chi connectivity index (χ4n) is 1.59. The van der Waals surface area contributed by atoms with E-state index in [1.807, 2.05) is 24.3 Å². The van der Waals surface area contributed by atoms with Gasteiger partial charge in [-0.25, -0.2) is 8.42 Å². The van der Waals surface area contributed by atoms with Crippen molar-refractivity contribution in [2.45, 2.75) is 31.4 Å². The smallest absolute Gasteiger partial charge is 0.335 e. The Morgan fingerprint density at radius 3 is 2.05 bits per heavy atom. The summed E-state index contributed by atoms with van der Waals surface area (Å²) < 4.78 is 27.7. The van der Waals surface area contributed by atoms with Crippen LogP contribution in [-0.4, -0.2) is 24.9 Å². The van der Waals surface area contributed by atoms with Crippen molar-refractivity contribution in [3.05, 3.63) is 29.8 Å². The van der Waals surface area contributed by atoms with E-state index >= 15 is 0 Å². The van der Waals surface area contributed by atoms with Gasteiger partial charge in [0.2, 0.25) is 15.7 Å². The van der Waals surface area contributed by atoms with E-state index in [-0.39, 0.29) is 16.5 Å². The lowest BCUT2D eigenvalue weighted by Crippen LogP contribution is -2.10. The van der Waals surface area contributed by atoms with E-state index in [2.05, 4.69) is 31.0 Å². The molecule has 0 amide bonds. The molecule has 1 aromatic carbocycles. The third-order valence-electron chi connectivity index (χ3n) is 2.72. The summed E-state index contributed by atoms with van der Waals surface area (Å²) in [5, 5.41) is 6.92. The molecule has 0 radical (unpaired) electrons. The standard InChI is InChI=1S/C13H16N2O3S/c1-13(2,3)10-7-5-9(6-8-10)11-14-15-12(18-11)19(4,16)17/h5-8H,1-4H3. The van der Waals surface area contributed by atoms with E-state index in [4.69, 9.17) is 4.42 Å². The third-order valence-corrected chi connectivity index (χ3v) is 3.52. The van der Waals surface area contributed by atoms with Crippen LogP contribution in [0.4, 0.5) is 0 Å². The van der Waals surface area contributed by atoms with E-state index in [0.29, 0.717) is 5.56 Å². The number of benzene rings is 1. The van der Waals surface area contributed by atoms with Crippen LogP contribution in [0.5, 0.6) is 0 Å². The van der Waals surface area contributed by atoms with Crippen molar-refractivity contribution in [1.82, 2.24) is 10.2 Å². The normalized spacial score (nSPS) is 12.6. The molecular formula is C13H16N2O3S. The fraction of sp³-hybridized carbons (Fsp3) is 0.385. The fourth-order valence-corrected chi connectivity index (χ4v) is 2.01. The van der Waals surface area contributed by atoms with Crippen LogP contribution in [-0.2, 0) is 15.3 Å². The predicted molar refractivity (Wildman–Crippen MR) is 71.5 cm³/mol. The maximum Gasteiger partial charge on any atom is 0.335 e. The summed E-state index contributed by atoms with van der Waals surface area (Å²) in [6.45, 7) is 6.36. The second-order valence-corrected chi connectivity index (χ2v) is 7.37. The minimum atomic E-state index is -3.46. The van der Waals surface area contributed by atoms with Gasteiger partial charge in [-0.1, -0.05) is 38.0 Å². The molecule has 0 bridgehead atoms. The van der Waals surface area contributed by atoms with Crippen molar-refractivity contribution in [1.29, 1.82) is 0 Å². The zero-order valence-electron chi connectivity index (χ0n) is 11.3. The van der Waals surface area contributed by atoms with E-state index in [1.165, 1.54) is 5.56 Å². The van der Waals surface area contributed by atoms with Gasteiger partial charge in [-0.2, -0.15) is 0 Å². The van der Waals surface area contributed by atoms with E-state index in [9.17, 15) is 8.42 Å². The van der Waals surface area contributed by atoms with E-state index < -0.39 is 9.84 Å². The Morgan fingerprint density at radius 2 is 1.63 bits per heavy atom. The lowest BCUT2D eigenvalue weighted by molar-refractivity contribution is 0.442. The van der Waals surface area contributed by atoms with Gasteiger partial charge in [0.15, 0.2) is 0 Å². The van der Waals surface area contributed by atoms with E-state index in [0.717, 1.165) is 6.26 Å². The first kappa shape index (κ1) is 13.7. The van der Waals surface area contributed by atoms with Crippen molar-refractivity contribution in [3.63, 3.8) is 0 Å². The number of rotatable bonds is 2. The van der Waals surface area contributed by atoms with Crippen molar-refractivity contribution in [2.24, 2.45) is 0 Å². The van der Waals surface area contributed by atoms with Gasteiger partial charge in [0.05, 0.1) is 0 Å². The SMILES string of the molecule is CC(C)(C)c1ccc(-c2nnc(S(C)(=O)=O)o2)cc1. The summed E-state index contributed by atoms with van der Waals surface area (Å²) in [5.74, 6) is 0.209. The molecule has 19 heavy (non-hydrogen) atoms. The molecule has 1 aromatic heterocycles. The number of sulfone groups is 1. The molecule has 0 aliphatic heterocycles. The quantitative estimate of drug-likeness (QED) is 0.844.